The summed E-state index contributed by atoms with van der Waals surface area (Å²) in [5, 5.41) is 9.17. The van der Waals surface area contributed by atoms with E-state index < -0.39 is 12.0 Å². The molecular formula is C13H21NO3. The highest BCUT2D eigenvalue weighted by molar-refractivity contribution is 5.85. The molecular weight excluding hydrogens is 218 g/mol. The van der Waals surface area contributed by atoms with Gasteiger partial charge in [-0.05, 0) is 38.0 Å². The molecule has 0 aromatic rings. The summed E-state index contributed by atoms with van der Waals surface area (Å²) < 4.78 is 0. The average Bonchev–Trinajstić information content (AvgIpc) is 2.74. The molecule has 1 aliphatic heterocycles. The van der Waals surface area contributed by atoms with E-state index in [0.717, 1.165) is 32.1 Å². The first-order valence-corrected chi connectivity index (χ1v) is 6.64. The maximum absolute atomic E-state index is 12.4. The number of piperidine rings is 1. The molecule has 0 bridgehead atoms. The highest BCUT2D eigenvalue weighted by Gasteiger charge is 2.38. The molecule has 1 heterocycles. The molecule has 0 aromatic heterocycles. The van der Waals surface area contributed by atoms with Gasteiger partial charge < -0.3 is 10.0 Å². The zero-order chi connectivity index (χ0) is 12.4. The maximum Gasteiger partial charge on any atom is 0.326 e. The van der Waals surface area contributed by atoms with Gasteiger partial charge in [0.15, 0.2) is 0 Å². The van der Waals surface area contributed by atoms with Crippen LogP contribution in [-0.2, 0) is 9.59 Å². The fourth-order valence-electron chi connectivity index (χ4n) is 3.18. The van der Waals surface area contributed by atoms with Gasteiger partial charge in [-0.3, -0.25) is 4.79 Å². The number of aliphatic carboxylic acids is 1. The minimum Gasteiger partial charge on any atom is -0.480 e. The number of nitrogens with zero attached hydrogens (tertiary/aromatic N) is 1. The maximum atomic E-state index is 12.4. The van der Waals surface area contributed by atoms with E-state index in [0.29, 0.717) is 18.9 Å². The first-order valence-electron chi connectivity index (χ1n) is 6.64. The highest BCUT2D eigenvalue weighted by Crippen LogP contribution is 2.34. The van der Waals surface area contributed by atoms with Gasteiger partial charge in [0, 0.05) is 12.5 Å². The second-order valence-corrected chi connectivity index (χ2v) is 5.40. The van der Waals surface area contributed by atoms with Crippen LogP contribution in [0.3, 0.4) is 0 Å². The number of hydrogen-bond donors (Lipinski definition) is 1. The second kappa shape index (κ2) is 5.07. The van der Waals surface area contributed by atoms with Gasteiger partial charge >= 0.3 is 5.97 Å². The van der Waals surface area contributed by atoms with E-state index in [4.69, 9.17) is 0 Å². The van der Waals surface area contributed by atoms with Crippen molar-refractivity contribution in [2.24, 2.45) is 11.8 Å². The summed E-state index contributed by atoms with van der Waals surface area (Å²) in [6, 6.07) is -0.580. The van der Waals surface area contributed by atoms with E-state index in [2.05, 4.69) is 6.92 Å². The first-order chi connectivity index (χ1) is 8.11. The van der Waals surface area contributed by atoms with Crippen LogP contribution in [0.5, 0.6) is 0 Å². The molecule has 2 rings (SSSR count). The molecule has 0 aromatic carbocycles. The van der Waals surface area contributed by atoms with Gasteiger partial charge in [0.2, 0.25) is 5.91 Å². The van der Waals surface area contributed by atoms with E-state index in [9.17, 15) is 14.7 Å². The zero-order valence-electron chi connectivity index (χ0n) is 10.4. The summed E-state index contributed by atoms with van der Waals surface area (Å²) in [6.45, 7) is 2.73. The Morgan fingerprint density at radius 3 is 2.47 bits per heavy atom. The number of hydrogen-bond acceptors (Lipinski definition) is 2. The molecule has 4 nitrogen and oxygen atoms in total. The van der Waals surface area contributed by atoms with Gasteiger partial charge in [0.1, 0.15) is 6.04 Å². The molecule has 1 saturated carbocycles. The Labute approximate surface area is 102 Å². The largest absolute Gasteiger partial charge is 0.480 e. The number of carboxylic acids is 1. The molecule has 4 heteroatoms. The molecule has 1 aliphatic carbocycles. The summed E-state index contributed by atoms with van der Waals surface area (Å²) >= 11 is 0. The van der Waals surface area contributed by atoms with Crippen LogP contribution in [0.1, 0.15) is 45.4 Å². The lowest BCUT2D eigenvalue weighted by molar-refractivity contribution is -0.154. The van der Waals surface area contributed by atoms with E-state index in [1.54, 1.807) is 4.90 Å². The standard InChI is InChI=1S/C13H21NO3/c1-9-5-4-6-10(9)12(15)14-8-3-2-7-11(14)13(16)17/h9-11H,2-8H2,1H3,(H,16,17)/t9?,10?,11-/m1/s1. The van der Waals surface area contributed by atoms with Crippen molar-refractivity contribution in [3.8, 4) is 0 Å². The molecule has 2 unspecified atom stereocenters. The fourth-order valence-corrected chi connectivity index (χ4v) is 3.18. The van der Waals surface area contributed by atoms with Crippen LogP contribution in [0, 0.1) is 11.8 Å². The molecule has 1 saturated heterocycles. The van der Waals surface area contributed by atoms with Crippen molar-refractivity contribution in [2.75, 3.05) is 6.54 Å². The summed E-state index contributed by atoms with van der Waals surface area (Å²) in [5.41, 5.74) is 0. The van der Waals surface area contributed by atoms with Crippen molar-refractivity contribution in [1.82, 2.24) is 4.90 Å². The van der Waals surface area contributed by atoms with Crippen LogP contribution >= 0.6 is 0 Å². The monoisotopic (exact) mass is 239 g/mol. The number of rotatable bonds is 2. The lowest BCUT2D eigenvalue weighted by atomic mass is 9.93. The van der Waals surface area contributed by atoms with Crippen LogP contribution in [0.15, 0.2) is 0 Å². The summed E-state index contributed by atoms with van der Waals surface area (Å²) in [5.74, 6) is -0.278. The third kappa shape index (κ3) is 2.45. The van der Waals surface area contributed by atoms with Gasteiger partial charge in [-0.2, -0.15) is 0 Å². The predicted molar refractivity (Wildman–Crippen MR) is 63.5 cm³/mol. The third-order valence-electron chi connectivity index (χ3n) is 4.25. The minimum absolute atomic E-state index is 0.0648. The van der Waals surface area contributed by atoms with Crippen molar-refractivity contribution in [3.63, 3.8) is 0 Å². The van der Waals surface area contributed by atoms with Crippen LogP contribution in [0.25, 0.3) is 0 Å². The smallest absolute Gasteiger partial charge is 0.326 e. The molecule has 2 aliphatic rings. The number of amides is 1. The molecule has 1 amide bonds. The molecule has 0 radical (unpaired) electrons. The summed E-state index contributed by atoms with van der Waals surface area (Å²) in [4.78, 5) is 25.2. The minimum atomic E-state index is -0.844. The number of carboxylic acid groups (broad SMARTS) is 1. The van der Waals surface area contributed by atoms with Crippen molar-refractivity contribution >= 4 is 11.9 Å². The van der Waals surface area contributed by atoms with Crippen molar-refractivity contribution in [2.45, 2.75) is 51.5 Å². The van der Waals surface area contributed by atoms with Gasteiger partial charge in [-0.25, -0.2) is 4.79 Å². The van der Waals surface area contributed by atoms with Crippen molar-refractivity contribution in [1.29, 1.82) is 0 Å². The van der Waals surface area contributed by atoms with Gasteiger partial charge in [-0.15, -0.1) is 0 Å². The van der Waals surface area contributed by atoms with Crippen LogP contribution < -0.4 is 0 Å². The van der Waals surface area contributed by atoms with E-state index in [1.807, 2.05) is 0 Å². The molecule has 1 N–H and O–H groups in total. The Morgan fingerprint density at radius 1 is 1.12 bits per heavy atom. The Kier molecular flexibility index (Phi) is 3.69. The Bertz CT molecular complexity index is 316. The number of carbonyl (C=O) groups is 2. The lowest BCUT2D eigenvalue weighted by Crippen LogP contribution is -2.50. The van der Waals surface area contributed by atoms with E-state index in [1.165, 1.54) is 0 Å². The van der Waals surface area contributed by atoms with Crippen molar-refractivity contribution in [3.05, 3.63) is 0 Å². The molecule has 96 valence electrons. The molecule has 17 heavy (non-hydrogen) atoms. The summed E-state index contributed by atoms with van der Waals surface area (Å²) in [7, 11) is 0. The Balaban J connectivity index is 2.08. The highest BCUT2D eigenvalue weighted by atomic mass is 16.4. The third-order valence-corrected chi connectivity index (χ3v) is 4.25. The first kappa shape index (κ1) is 12.4. The van der Waals surface area contributed by atoms with Crippen LogP contribution in [-0.4, -0.2) is 34.5 Å². The predicted octanol–water partition coefficient (Wildman–Crippen LogP) is 1.89. The SMILES string of the molecule is CC1CCCC1C(=O)N1CCCC[C@@H]1C(=O)O. The average molecular weight is 239 g/mol. The fraction of sp³-hybridized carbons (Fsp3) is 0.846. The normalized spacial score (nSPS) is 33.7. The summed E-state index contributed by atoms with van der Waals surface area (Å²) in [6.07, 6.45) is 5.60. The van der Waals surface area contributed by atoms with Gasteiger partial charge in [0.25, 0.3) is 0 Å². The molecule has 0 spiro atoms. The molecule has 2 fully saturated rings. The van der Waals surface area contributed by atoms with Crippen molar-refractivity contribution < 1.29 is 14.7 Å². The number of likely N-dealkylation sites (tertiary alicyclic amines) is 1. The Hall–Kier alpha value is -1.06. The van der Waals surface area contributed by atoms with E-state index in [-0.39, 0.29) is 11.8 Å². The van der Waals surface area contributed by atoms with Gasteiger partial charge in [0.05, 0.1) is 0 Å². The Morgan fingerprint density at radius 2 is 1.88 bits per heavy atom. The zero-order valence-corrected chi connectivity index (χ0v) is 10.4. The second-order valence-electron chi connectivity index (χ2n) is 5.40. The molecule has 3 atom stereocenters. The quantitative estimate of drug-likeness (QED) is 0.800. The number of carbonyl (C=O) groups excluding carboxylic acids is 1. The van der Waals surface area contributed by atoms with Crippen LogP contribution in [0.4, 0.5) is 0 Å². The lowest BCUT2D eigenvalue weighted by Gasteiger charge is -2.35. The van der Waals surface area contributed by atoms with Gasteiger partial charge in [-0.1, -0.05) is 13.3 Å². The van der Waals surface area contributed by atoms with E-state index >= 15 is 0 Å². The topological polar surface area (TPSA) is 57.6 Å². The van der Waals surface area contributed by atoms with Crippen LogP contribution in [0.2, 0.25) is 0 Å².